The first-order valence-electron chi connectivity index (χ1n) is 8.50. The normalized spacial score (nSPS) is 17.2. The Labute approximate surface area is 143 Å². The minimum atomic E-state index is 0.987. The lowest BCUT2D eigenvalue weighted by atomic mass is 10.2. The summed E-state index contributed by atoms with van der Waals surface area (Å²) in [6, 6.07) is 16.7. The van der Waals surface area contributed by atoms with Crippen molar-refractivity contribution >= 4 is 23.0 Å². The average Bonchev–Trinajstić information content (AvgIpc) is 3.47. The SMILES string of the molecule is Cc1ccc(N=C(C(=Nc2ccc(C)cc2)N2CC2)N2CC2)cc1. The van der Waals surface area contributed by atoms with E-state index in [0.717, 1.165) is 49.2 Å². The summed E-state index contributed by atoms with van der Waals surface area (Å²) < 4.78 is 0. The molecule has 2 heterocycles. The van der Waals surface area contributed by atoms with Crippen LogP contribution in [0.5, 0.6) is 0 Å². The van der Waals surface area contributed by atoms with Gasteiger partial charge in [-0.3, -0.25) is 0 Å². The van der Waals surface area contributed by atoms with Gasteiger partial charge in [-0.15, -0.1) is 0 Å². The molecule has 0 aromatic heterocycles. The highest BCUT2D eigenvalue weighted by Gasteiger charge is 2.33. The fourth-order valence-corrected chi connectivity index (χ4v) is 2.53. The quantitative estimate of drug-likeness (QED) is 0.480. The maximum Gasteiger partial charge on any atom is 0.172 e. The zero-order valence-corrected chi connectivity index (χ0v) is 14.2. The summed E-state index contributed by atoms with van der Waals surface area (Å²) in [5.74, 6) is 1.99. The topological polar surface area (TPSA) is 30.7 Å². The van der Waals surface area contributed by atoms with Crippen LogP contribution < -0.4 is 0 Å². The van der Waals surface area contributed by atoms with Crippen LogP contribution >= 0.6 is 0 Å². The van der Waals surface area contributed by atoms with Crippen molar-refractivity contribution in [3.63, 3.8) is 0 Å². The van der Waals surface area contributed by atoms with Crippen molar-refractivity contribution in [1.29, 1.82) is 0 Å². The van der Waals surface area contributed by atoms with E-state index in [1.807, 2.05) is 0 Å². The molecule has 0 bridgehead atoms. The summed E-state index contributed by atoms with van der Waals surface area (Å²) in [6.07, 6.45) is 0. The molecule has 0 aliphatic carbocycles. The number of benzene rings is 2. The van der Waals surface area contributed by atoms with Gasteiger partial charge in [0.25, 0.3) is 0 Å². The summed E-state index contributed by atoms with van der Waals surface area (Å²) in [7, 11) is 0. The van der Waals surface area contributed by atoms with E-state index in [-0.39, 0.29) is 0 Å². The molecule has 4 heteroatoms. The van der Waals surface area contributed by atoms with Gasteiger partial charge in [0.1, 0.15) is 0 Å². The standard InChI is InChI=1S/C20H22N4/c1-15-3-7-17(8-4-15)21-19(23-11-12-23)20(24-13-14-24)22-18-9-5-16(2)6-10-18/h3-10H,11-14H2,1-2H3. The predicted molar refractivity (Wildman–Crippen MR) is 99.7 cm³/mol. The van der Waals surface area contributed by atoms with Crippen LogP contribution in [0.1, 0.15) is 11.1 Å². The Morgan fingerprint density at radius 2 is 0.958 bits per heavy atom. The second kappa shape index (κ2) is 6.11. The molecule has 4 rings (SSSR count). The summed E-state index contributed by atoms with van der Waals surface area (Å²) >= 11 is 0. The zero-order chi connectivity index (χ0) is 16.5. The second-order valence-corrected chi connectivity index (χ2v) is 6.52. The summed E-state index contributed by atoms with van der Waals surface area (Å²) in [5, 5.41) is 0. The summed E-state index contributed by atoms with van der Waals surface area (Å²) in [4.78, 5) is 14.4. The van der Waals surface area contributed by atoms with E-state index < -0.39 is 0 Å². The molecule has 2 aliphatic rings. The highest BCUT2D eigenvalue weighted by Crippen LogP contribution is 2.22. The van der Waals surface area contributed by atoms with Gasteiger partial charge in [-0.25, -0.2) is 9.98 Å². The zero-order valence-electron chi connectivity index (χ0n) is 14.2. The first-order valence-corrected chi connectivity index (χ1v) is 8.50. The smallest absolute Gasteiger partial charge is 0.172 e. The third-order valence-corrected chi connectivity index (χ3v) is 4.23. The Balaban J connectivity index is 1.71. The van der Waals surface area contributed by atoms with Gasteiger partial charge in [-0.1, -0.05) is 35.4 Å². The number of hydrogen-bond donors (Lipinski definition) is 0. The van der Waals surface area contributed by atoms with Crippen LogP contribution in [0.25, 0.3) is 0 Å². The van der Waals surface area contributed by atoms with Gasteiger partial charge in [0, 0.05) is 26.2 Å². The molecule has 122 valence electrons. The molecule has 0 saturated carbocycles. The van der Waals surface area contributed by atoms with Crippen molar-refractivity contribution in [3.8, 4) is 0 Å². The molecule has 24 heavy (non-hydrogen) atoms. The predicted octanol–water partition coefficient (Wildman–Crippen LogP) is 3.69. The van der Waals surface area contributed by atoms with E-state index in [9.17, 15) is 0 Å². The highest BCUT2D eigenvalue weighted by atomic mass is 15.4. The van der Waals surface area contributed by atoms with Crippen LogP contribution in [0.4, 0.5) is 11.4 Å². The molecule has 2 fully saturated rings. The molecule has 2 saturated heterocycles. The largest absolute Gasteiger partial charge is 0.350 e. The van der Waals surface area contributed by atoms with Gasteiger partial charge in [0.15, 0.2) is 11.7 Å². The third-order valence-electron chi connectivity index (χ3n) is 4.23. The number of rotatable bonds is 2. The molecule has 0 N–H and O–H groups in total. The Morgan fingerprint density at radius 1 is 0.625 bits per heavy atom. The molecular formula is C20H22N4. The Kier molecular flexibility index (Phi) is 3.81. The minimum absolute atomic E-state index is 0.987. The number of hydrogen-bond acceptors (Lipinski definition) is 2. The van der Waals surface area contributed by atoms with Crippen LogP contribution in [-0.2, 0) is 0 Å². The fraction of sp³-hybridized carbons (Fsp3) is 0.300. The van der Waals surface area contributed by atoms with Crippen LogP contribution in [0.2, 0.25) is 0 Å². The van der Waals surface area contributed by atoms with Crippen molar-refractivity contribution < 1.29 is 0 Å². The molecule has 4 nitrogen and oxygen atoms in total. The highest BCUT2D eigenvalue weighted by molar-refractivity contribution is 6.42. The maximum absolute atomic E-state index is 4.91. The molecule has 0 atom stereocenters. The molecule has 0 unspecified atom stereocenters. The van der Waals surface area contributed by atoms with Crippen molar-refractivity contribution in [3.05, 3.63) is 59.7 Å². The van der Waals surface area contributed by atoms with Gasteiger partial charge in [0.2, 0.25) is 0 Å². The molecule has 0 amide bonds. The van der Waals surface area contributed by atoms with Crippen molar-refractivity contribution in [1.82, 2.24) is 9.80 Å². The average molecular weight is 318 g/mol. The number of nitrogens with zero attached hydrogens (tertiary/aromatic N) is 4. The number of amidine groups is 2. The second-order valence-electron chi connectivity index (χ2n) is 6.52. The van der Waals surface area contributed by atoms with E-state index in [0.29, 0.717) is 0 Å². The van der Waals surface area contributed by atoms with Gasteiger partial charge in [-0.05, 0) is 38.1 Å². The van der Waals surface area contributed by atoms with Crippen LogP contribution in [0.15, 0.2) is 58.5 Å². The lowest BCUT2D eigenvalue weighted by Crippen LogP contribution is -2.29. The van der Waals surface area contributed by atoms with Crippen molar-refractivity contribution in [2.45, 2.75) is 13.8 Å². The fourth-order valence-electron chi connectivity index (χ4n) is 2.53. The molecule has 2 aromatic carbocycles. The van der Waals surface area contributed by atoms with E-state index in [1.165, 1.54) is 11.1 Å². The molecule has 2 aliphatic heterocycles. The first kappa shape index (κ1) is 14.9. The van der Waals surface area contributed by atoms with Crippen molar-refractivity contribution in [2.75, 3.05) is 26.2 Å². The van der Waals surface area contributed by atoms with Crippen LogP contribution in [-0.4, -0.2) is 47.7 Å². The van der Waals surface area contributed by atoms with E-state index in [1.54, 1.807) is 0 Å². The Morgan fingerprint density at radius 3 is 1.25 bits per heavy atom. The number of aliphatic imine (C=N–C) groups is 2. The first-order chi connectivity index (χ1) is 11.7. The van der Waals surface area contributed by atoms with Gasteiger partial charge < -0.3 is 9.80 Å². The molecule has 0 spiro atoms. The molecule has 2 aromatic rings. The third kappa shape index (κ3) is 3.48. The summed E-state index contributed by atoms with van der Waals surface area (Å²) in [6.45, 7) is 8.44. The minimum Gasteiger partial charge on any atom is -0.350 e. The van der Waals surface area contributed by atoms with E-state index >= 15 is 0 Å². The number of aryl methyl sites for hydroxylation is 2. The lowest BCUT2D eigenvalue weighted by Gasteiger charge is -2.13. The summed E-state index contributed by atoms with van der Waals surface area (Å²) in [5.41, 5.74) is 4.48. The van der Waals surface area contributed by atoms with Crippen molar-refractivity contribution in [2.24, 2.45) is 9.98 Å². The van der Waals surface area contributed by atoms with Crippen LogP contribution in [0, 0.1) is 13.8 Å². The lowest BCUT2D eigenvalue weighted by molar-refractivity contribution is 0.804. The Hall–Kier alpha value is -2.62. The van der Waals surface area contributed by atoms with Gasteiger partial charge in [-0.2, -0.15) is 0 Å². The van der Waals surface area contributed by atoms with Gasteiger partial charge in [0.05, 0.1) is 11.4 Å². The van der Waals surface area contributed by atoms with Crippen LogP contribution in [0.3, 0.4) is 0 Å². The van der Waals surface area contributed by atoms with E-state index in [2.05, 4.69) is 72.2 Å². The monoisotopic (exact) mass is 318 g/mol. The maximum atomic E-state index is 4.91. The Bertz CT molecular complexity index is 710. The van der Waals surface area contributed by atoms with E-state index in [4.69, 9.17) is 9.98 Å². The molecular weight excluding hydrogens is 296 g/mol. The molecule has 0 radical (unpaired) electrons. The van der Waals surface area contributed by atoms with Gasteiger partial charge >= 0.3 is 0 Å².